The van der Waals surface area contributed by atoms with Gasteiger partial charge in [-0.15, -0.1) is 0 Å². The van der Waals surface area contributed by atoms with Crippen LogP contribution < -0.4 is 16.3 Å². The minimum absolute atomic E-state index is 0.137. The van der Waals surface area contributed by atoms with Gasteiger partial charge in [-0.25, -0.2) is 15.0 Å². The Hall–Kier alpha value is -4.20. The van der Waals surface area contributed by atoms with Crippen molar-refractivity contribution in [3.05, 3.63) is 73.5 Å². The minimum atomic E-state index is -0.137. The Labute approximate surface area is 205 Å². The summed E-state index contributed by atoms with van der Waals surface area (Å²) in [6.07, 6.45) is 15.3. The summed E-state index contributed by atoms with van der Waals surface area (Å²) in [5.74, 6) is 1.60. The number of aromatic amines is 3. The van der Waals surface area contributed by atoms with E-state index in [1.165, 1.54) is 22.7 Å². The molecule has 0 saturated carbocycles. The standard InChI is InChI=1S/C28H27N7O/c1-14(2)9-15-5-6-16-19(10-15)31-26-22(16)17-12-35(3)13-18(17)23-24(26)20(32-28-29-7-4-8-30-28)11-21-25(23)27(36)34-33-21/h4,7-8,10-15,31,33H,5-6,9H2,1-3H3,(H,34,36)/t15-/m1/s1. The predicted molar refractivity (Wildman–Crippen MR) is 142 cm³/mol. The molecule has 8 heteroatoms. The number of fused-ring (bicyclic) bond motifs is 9. The molecule has 0 unspecified atom stereocenters. The second-order valence-corrected chi connectivity index (χ2v) is 10.4. The first-order chi connectivity index (χ1) is 17.5. The minimum Gasteiger partial charge on any atom is -0.356 e. The summed E-state index contributed by atoms with van der Waals surface area (Å²) in [6, 6.07) is 1.78. The van der Waals surface area contributed by atoms with Crippen molar-refractivity contribution < 1.29 is 0 Å². The van der Waals surface area contributed by atoms with E-state index in [4.69, 9.17) is 4.99 Å². The number of aromatic nitrogens is 6. The fourth-order valence-corrected chi connectivity index (χ4v) is 6.12. The SMILES string of the molecule is CC(C)C[C@@H]1C=c2[nH]c3c4c(c5cn(C)cc5c3c2CC1)=c1c(=O)[nH][nH]c1=CC4=Nc1ncccn1. The highest BCUT2D eigenvalue weighted by atomic mass is 16.1. The zero-order chi connectivity index (χ0) is 24.6. The molecule has 2 aliphatic carbocycles. The maximum absolute atomic E-state index is 13.0. The summed E-state index contributed by atoms with van der Waals surface area (Å²) in [6.45, 7) is 4.57. The van der Waals surface area contributed by atoms with Crippen LogP contribution in [0.1, 0.15) is 37.8 Å². The summed E-state index contributed by atoms with van der Waals surface area (Å²) in [5, 5.41) is 12.7. The van der Waals surface area contributed by atoms with E-state index in [0.29, 0.717) is 28.4 Å². The molecule has 0 aliphatic heterocycles. The molecule has 8 nitrogen and oxygen atoms in total. The van der Waals surface area contributed by atoms with Crippen LogP contribution in [0.25, 0.3) is 33.8 Å². The van der Waals surface area contributed by atoms with Crippen LogP contribution in [-0.4, -0.2) is 35.4 Å². The van der Waals surface area contributed by atoms with Crippen LogP contribution in [0.15, 0.2) is 40.6 Å². The highest BCUT2D eigenvalue weighted by Gasteiger charge is 2.25. The van der Waals surface area contributed by atoms with Gasteiger partial charge in [0.05, 0.1) is 21.8 Å². The average Bonchev–Trinajstić information content (AvgIpc) is 3.53. The van der Waals surface area contributed by atoms with Crippen molar-refractivity contribution in [2.24, 2.45) is 23.9 Å². The zero-order valence-electron chi connectivity index (χ0n) is 20.5. The van der Waals surface area contributed by atoms with Crippen molar-refractivity contribution in [3.8, 4) is 0 Å². The van der Waals surface area contributed by atoms with Gasteiger partial charge in [0.25, 0.3) is 5.56 Å². The Balaban J connectivity index is 1.69. The smallest absolute Gasteiger partial charge is 0.272 e. The molecule has 0 saturated heterocycles. The van der Waals surface area contributed by atoms with Crippen molar-refractivity contribution in [1.29, 1.82) is 0 Å². The second-order valence-electron chi connectivity index (χ2n) is 10.4. The van der Waals surface area contributed by atoms with Gasteiger partial charge in [-0.1, -0.05) is 19.9 Å². The number of benzene rings is 1. The monoisotopic (exact) mass is 477 g/mol. The van der Waals surface area contributed by atoms with Crippen molar-refractivity contribution in [1.82, 2.24) is 29.7 Å². The topological polar surface area (TPSA) is 108 Å². The molecule has 0 fully saturated rings. The van der Waals surface area contributed by atoms with Gasteiger partial charge in [0.1, 0.15) is 0 Å². The van der Waals surface area contributed by atoms with Crippen LogP contribution in [0, 0.1) is 22.3 Å². The van der Waals surface area contributed by atoms with Gasteiger partial charge in [0.2, 0.25) is 5.95 Å². The molecule has 0 amide bonds. The lowest BCUT2D eigenvalue weighted by Crippen LogP contribution is -2.19. The number of nitrogens with one attached hydrogen (secondary N) is 3. The lowest BCUT2D eigenvalue weighted by molar-refractivity contribution is 0.463. The number of aliphatic imine (C=N–C) groups is 1. The van der Waals surface area contributed by atoms with E-state index in [1.54, 1.807) is 18.5 Å². The van der Waals surface area contributed by atoms with Crippen LogP contribution >= 0.6 is 0 Å². The van der Waals surface area contributed by atoms with Crippen LogP contribution in [-0.2, 0) is 13.5 Å². The molecule has 7 rings (SSSR count). The summed E-state index contributed by atoms with van der Waals surface area (Å²) >= 11 is 0. The Morgan fingerprint density at radius 1 is 1.11 bits per heavy atom. The third-order valence-electron chi connectivity index (χ3n) is 7.44. The van der Waals surface area contributed by atoms with Crippen LogP contribution in [0.4, 0.5) is 5.95 Å². The first-order valence-corrected chi connectivity index (χ1v) is 12.5. The quantitative estimate of drug-likeness (QED) is 0.372. The van der Waals surface area contributed by atoms with E-state index < -0.39 is 0 Å². The Morgan fingerprint density at radius 3 is 2.72 bits per heavy atom. The predicted octanol–water partition coefficient (Wildman–Crippen LogP) is 3.06. The van der Waals surface area contributed by atoms with E-state index in [2.05, 4.69) is 62.0 Å². The first-order valence-electron chi connectivity index (χ1n) is 12.5. The van der Waals surface area contributed by atoms with Crippen molar-refractivity contribution in [2.45, 2.75) is 33.1 Å². The molecule has 1 atom stereocenters. The van der Waals surface area contributed by atoms with E-state index in [0.717, 1.165) is 45.6 Å². The zero-order valence-corrected chi connectivity index (χ0v) is 20.5. The average molecular weight is 478 g/mol. The molecule has 1 aromatic carbocycles. The number of hydrogen-bond acceptors (Lipinski definition) is 4. The molecular formula is C28H27N7O. The lowest BCUT2D eigenvalue weighted by Gasteiger charge is -2.18. The molecule has 3 N–H and O–H groups in total. The Kier molecular flexibility index (Phi) is 4.49. The van der Waals surface area contributed by atoms with E-state index in [9.17, 15) is 4.79 Å². The van der Waals surface area contributed by atoms with Gasteiger partial charge in [-0.3, -0.25) is 15.0 Å². The van der Waals surface area contributed by atoms with E-state index in [-0.39, 0.29) is 5.56 Å². The summed E-state index contributed by atoms with van der Waals surface area (Å²) in [7, 11) is 2.03. The van der Waals surface area contributed by atoms with Gasteiger partial charge in [0, 0.05) is 64.1 Å². The van der Waals surface area contributed by atoms with Crippen LogP contribution in [0.3, 0.4) is 0 Å². The number of aryl methyl sites for hydroxylation is 2. The molecular weight excluding hydrogens is 450 g/mol. The largest absolute Gasteiger partial charge is 0.356 e. The highest BCUT2D eigenvalue weighted by molar-refractivity contribution is 6.29. The fraction of sp³-hybridized carbons (Fsp3) is 0.286. The molecule has 180 valence electrons. The molecule has 0 spiro atoms. The summed E-state index contributed by atoms with van der Waals surface area (Å²) in [5.41, 5.74) is 3.89. The van der Waals surface area contributed by atoms with Gasteiger partial charge in [0.15, 0.2) is 0 Å². The first kappa shape index (κ1) is 21.1. The third kappa shape index (κ3) is 3.07. The van der Waals surface area contributed by atoms with Gasteiger partial charge >= 0.3 is 0 Å². The number of hydrogen-bond donors (Lipinski definition) is 3. The molecule has 0 radical (unpaired) electrons. The van der Waals surface area contributed by atoms with Crippen LogP contribution in [0.5, 0.6) is 0 Å². The fourth-order valence-electron chi connectivity index (χ4n) is 6.12. The van der Waals surface area contributed by atoms with Gasteiger partial charge in [-0.05, 0) is 48.8 Å². The van der Waals surface area contributed by atoms with Crippen molar-refractivity contribution >= 4 is 45.5 Å². The second kappa shape index (κ2) is 7.65. The lowest BCUT2D eigenvalue weighted by atomic mass is 9.86. The molecule has 5 aromatic rings. The van der Waals surface area contributed by atoms with Gasteiger partial charge < -0.3 is 9.55 Å². The molecule has 4 heterocycles. The van der Waals surface area contributed by atoms with Crippen LogP contribution in [0.2, 0.25) is 0 Å². The highest BCUT2D eigenvalue weighted by Crippen LogP contribution is 2.35. The molecule has 4 aromatic heterocycles. The number of rotatable bonds is 3. The van der Waals surface area contributed by atoms with E-state index >= 15 is 0 Å². The molecule has 2 aliphatic rings. The maximum Gasteiger partial charge on any atom is 0.272 e. The number of H-pyrrole nitrogens is 3. The van der Waals surface area contributed by atoms with E-state index in [1.807, 2.05) is 13.1 Å². The Morgan fingerprint density at radius 2 is 1.92 bits per heavy atom. The van der Waals surface area contributed by atoms with Crippen molar-refractivity contribution in [3.63, 3.8) is 0 Å². The normalized spacial score (nSPS) is 17.8. The summed E-state index contributed by atoms with van der Waals surface area (Å²) in [4.78, 5) is 30.3. The van der Waals surface area contributed by atoms with Crippen molar-refractivity contribution in [2.75, 3.05) is 0 Å². The number of nitrogens with zero attached hydrogens (tertiary/aromatic N) is 4. The Bertz CT molecular complexity index is 1980. The molecule has 36 heavy (non-hydrogen) atoms. The summed E-state index contributed by atoms with van der Waals surface area (Å²) < 4.78 is 2.08. The molecule has 0 bridgehead atoms. The van der Waals surface area contributed by atoms with Gasteiger partial charge in [-0.2, -0.15) is 0 Å². The third-order valence-corrected chi connectivity index (χ3v) is 7.44. The maximum atomic E-state index is 13.0.